The predicted molar refractivity (Wildman–Crippen MR) is 44.4 cm³/mol. The third-order valence-electron chi connectivity index (χ3n) is 0.649. The summed E-state index contributed by atoms with van der Waals surface area (Å²) in [6.07, 6.45) is 1.54. The van der Waals surface area contributed by atoms with Crippen LogP contribution in [0.2, 0.25) is 0 Å². The molecule has 0 aliphatic carbocycles. The van der Waals surface area contributed by atoms with Crippen LogP contribution in [0.15, 0.2) is 24.4 Å². The topological polar surface area (TPSA) is 42.4 Å². The zero-order valence-corrected chi connectivity index (χ0v) is 8.50. The monoisotopic (exact) mass is 261 g/mol. The van der Waals surface area contributed by atoms with Gasteiger partial charge in [0.05, 0.1) is 23.7 Å². The van der Waals surface area contributed by atoms with Gasteiger partial charge in [-0.25, -0.2) is 4.98 Å². The molecule has 0 aliphatic rings. The van der Waals surface area contributed by atoms with E-state index in [0.717, 1.165) is 0 Å². The van der Waals surface area contributed by atoms with Gasteiger partial charge in [0.15, 0.2) is 0 Å². The van der Waals surface area contributed by atoms with E-state index >= 15 is 0 Å². The second kappa shape index (κ2) is 10.0. The van der Waals surface area contributed by atoms with Gasteiger partial charge in [0, 0.05) is 29.3 Å². The molecule has 1 heterocycles. The van der Waals surface area contributed by atoms with Gasteiger partial charge in [-0.15, -0.1) is 0 Å². The SMILES string of the molecule is ClOCl.Oc1ccccn1.[Se]. The molecule has 0 aromatic carbocycles. The molecule has 1 aromatic heterocycles. The van der Waals surface area contributed by atoms with Crippen LogP contribution < -0.4 is 0 Å². The second-order valence-electron chi connectivity index (χ2n) is 1.25. The van der Waals surface area contributed by atoms with Gasteiger partial charge in [0.25, 0.3) is 0 Å². The molecule has 1 rings (SSSR count). The molecular weight excluding hydrogens is 256 g/mol. The quantitative estimate of drug-likeness (QED) is 0.723. The molecule has 3 nitrogen and oxygen atoms in total. The number of aromatic nitrogens is 1. The van der Waals surface area contributed by atoms with Crippen molar-refractivity contribution in [1.29, 1.82) is 0 Å². The zero-order valence-electron chi connectivity index (χ0n) is 5.28. The molecule has 0 saturated heterocycles. The fraction of sp³-hybridized carbons (Fsp3) is 0. The van der Waals surface area contributed by atoms with Crippen LogP contribution in [0.1, 0.15) is 0 Å². The Bertz CT molecular complexity index is 164. The van der Waals surface area contributed by atoms with Gasteiger partial charge in [0.1, 0.15) is 0 Å². The smallest absolute Gasteiger partial charge is 0.210 e. The van der Waals surface area contributed by atoms with Crippen LogP contribution in [0.3, 0.4) is 0 Å². The molecule has 0 unspecified atom stereocenters. The summed E-state index contributed by atoms with van der Waals surface area (Å²) in [5.74, 6) is 0.0718. The molecule has 6 heteroatoms. The number of hydrogen-bond acceptors (Lipinski definition) is 3. The minimum absolute atomic E-state index is 0. The third-order valence-corrected chi connectivity index (χ3v) is 0.649. The van der Waals surface area contributed by atoms with Crippen LogP contribution >= 0.6 is 23.7 Å². The number of hydrogen-bond donors (Lipinski definition) is 1. The van der Waals surface area contributed by atoms with Crippen molar-refractivity contribution in [2.75, 3.05) is 0 Å². The molecule has 0 atom stereocenters. The average Bonchev–Trinajstić information content (AvgIpc) is 1.91. The summed E-state index contributed by atoms with van der Waals surface area (Å²) < 4.78 is 3.19. The summed E-state index contributed by atoms with van der Waals surface area (Å²) in [6.45, 7) is 0. The molecular formula is C5H5Cl2NO2Se. The first-order valence-corrected chi connectivity index (χ1v) is 2.92. The van der Waals surface area contributed by atoms with Gasteiger partial charge >= 0.3 is 0 Å². The van der Waals surface area contributed by atoms with E-state index in [-0.39, 0.29) is 22.9 Å². The Morgan fingerprint density at radius 1 is 1.36 bits per heavy atom. The van der Waals surface area contributed by atoms with Crippen LogP contribution in [0, 0.1) is 0 Å². The minimum atomic E-state index is 0. The Kier molecular flexibility index (Phi) is 12.4. The van der Waals surface area contributed by atoms with Crippen LogP contribution in [-0.4, -0.2) is 27.2 Å². The first kappa shape index (κ1) is 13.6. The Balaban J connectivity index is 0. The Morgan fingerprint density at radius 3 is 2.09 bits per heavy atom. The zero-order chi connectivity index (χ0) is 7.82. The molecule has 0 amide bonds. The molecule has 62 valence electrons. The van der Waals surface area contributed by atoms with Crippen LogP contribution in [0.25, 0.3) is 0 Å². The normalized spacial score (nSPS) is 7.09. The van der Waals surface area contributed by atoms with E-state index in [9.17, 15) is 0 Å². The van der Waals surface area contributed by atoms with Crippen molar-refractivity contribution in [3.63, 3.8) is 0 Å². The molecule has 0 fully saturated rings. The summed E-state index contributed by atoms with van der Waals surface area (Å²) in [5.41, 5.74) is 0. The molecule has 1 N–H and O–H groups in total. The Morgan fingerprint density at radius 2 is 1.91 bits per heavy atom. The van der Waals surface area contributed by atoms with Crippen LogP contribution in [0.4, 0.5) is 0 Å². The maximum Gasteiger partial charge on any atom is 0.210 e. The van der Waals surface area contributed by atoms with Gasteiger partial charge < -0.3 is 5.11 Å². The molecule has 2 radical (unpaired) electrons. The maximum atomic E-state index is 8.52. The summed E-state index contributed by atoms with van der Waals surface area (Å²) in [6, 6.07) is 5.00. The standard InChI is InChI=1S/C5H5NO.Cl2O.Se/c7-5-3-1-2-4-6-5;1-3-2;/h1-4H,(H,6,7);;. The molecule has 0 aliphatic heterocycles. The summed E-state index contributed by atoms with van der Waals surface area (Å²) in [7, 11) is 0. The van der Waals surface area contributed by atoms with Crippen molar-refractivity contribution in [2.24, 2.45) is 0 Å². The number of nitrogens with zero attached hydrogens (tertiary/aromatic N) is 1. The van der Waals surface area contributed by atoms with Crippen molar-refractivity contribution in [3.05, 3.63) is 24.4 Å². The van der Waals surface area contributed by atoms with Gasteiger partial charge in [-0.1, -0.05) is 6.07 Å². The number of halogens is 2. The van der Waals surface area contributed by atoms with Crippen LogP contribution in [0.5, 0.6) is 5.88 Å². The van der Waals surface area contributed by atoms with E-state index in [2.05, 4.69) is 32.6 Å². The number of pyridine rings is 1. The van der Waals surface area contributed by atoms with E-state index in [0.29, 0.717) is 0 Å². The predicted octanol–water partition coefficient (Wildman–Crippen LogP) is 1.72. The Hall–Kier alpha value is 0.00948. The third kappa shape index (κ3) is 10.0. The molecule has 0 bridgehead atoms. The summed E-state index contributed by atoms with van der Waals surface area (Å²) >= 11 is 8.53. The van der Waals surface area contributed by atoms with Gasteiger partial charge in [-0.3, -0.25) is 0 Å². The number of aromatic hydroxyl groups is 1. The van der Waals surface area contributed by atoms with E-state index in [1.165, 1.54) is 12.3 Å². The van der Waals surface area contributed by atoms with Crippen molar-refractivity contribution in [1.82, 2.24) is 4.98 Å². The summed E-state index contributed by atoms with van der Waals surface area (Å²) in [4.78, 5) is 3.53. The minimum Gasteiger partial charge on any atom is -0.493 e. The molecule has 1 aromatic rings. The molecule has 0 saturated carbocycles. The van der Waals surface area contributed by atoms with E-state index in [1.54, 1.807) is 12.1 Å². The first-order chi connectivity index (χ1) is 4.81. The average molecular weight is 261 g/mol. The molecule has 0 spiro atoms. The van der Waals surface area contributed by atoms with Gasteiger partial charge in [0.2, 0.25) is 5.88 Å². The first-order valence-electron chi connectivity index (χ1n) is 2.30. The van der Waals surface area contributed by atoms with Crippen molar-refractivity contribution >= 4 is 40.8 Å². The van der Waals surface area contributed by atoms with E-state index in [4.69, 9.17) is 5.11 Å². The van der Waals surface area contributed by atoms with Crippen molar-refractivity contribution in [2.45, 2.75) is 0 Å². The van der Waals surface area contributed by atoms with E-state index in [1.807, 2.05) is 0 Å². The molecule has 11 heavy (non-hydrogen) atoms. The van der Waals surface area contributed by atoms with Gasteiger partial charge in [-0.2, -0.15) is 3.84 Å². The van der Waals surface area contributed by atoms with Crippen molar-refractivity contribution in [3.8, 4) is 5.88 Å². The maximum absolute atomic E-state index is 8.52. The van der Waals surface area contributed by atoms with Gasteiger partial charge in [-0.05, 0) is 6.07 Å². The van der Waals surface area contributed by atoms with Crippen molar-refractivity contribution < 1.29 is 8.95 Å². The van der Waals surface area contributed by atoms with Crippen LogP contribution in [-0.2, 0) is 3.84 Å². The number of rotatable bonds is 0. The van der Waals surface area contributed by atoms with E-state index < -0.39 is 0 Å². The largest absolute Gasteiger partial charge is 0.493 e. The fourth-order valence-corrected chi connectivity index (χ4v) is 0.354. The summed E-state index contributed by atoms with van der Waals surface area (Å²) in [5, 5.41) is 8.52. The second-order valence-corrected chi connectivity index (χ2v) is 1.71. The fourth-order valence-electron chi connectivity index (χ4n) is 0.354. The Labute approximate surface area is 85.1 Å².